The van der Waals surface area contributed by atoms with Gasteiger partial charge in [0.05, 0.1) is 0 Å². The first-order valence-corrected chi connectivity index (χ1v) is 12.5. The molecule has 1 saturated heterocycles. The van der Waals surface area contributed by atoms with Gasteiger partial charge in [0, 0.05) is 18.8 Å². The van der Waals surface area contributed by atoms with Crippen LogP contribution >= 0.6 is 0 Å². The van der Waals surface area contributed by atoms with Gasteiger partial charge in [0.15, 0.2) is 0 Å². The first-order chi connectivity index (χ1) is 14.7. The summed E-state index contributed by atoms with van der Waals surface area (Å²) in [7, 11) is 0. The first kappa shape index (κ1) is 24.7. The van der Waals surface area contributed by atoms with Crippen molar-refractivity contribution in [3.8, 4) is 0 Å². The summed E-state index contributed by atoms with van der Waals surface area (Å²) in [6.45, 7) is 15.4. The highest BCUT2D eigenvalue weighted by atomic mass is 15.1. The number of piperidine rings is 1. The van der Waals surface area contributed by atoms with Crippen molar-refractivity contribution in [1.82, 2.24) is 10.2 Å². The summed E-state index contributed by atoms with van der Waals surface area (Å²) in [5, 5.41) is 3.58. The Morgan fingerprint density at radius 3 is 2.37 bits per heavy atom. The smallest absolute Gasteiger partial charge is 0.0233 e. The Balaban J connectivity index is 1.45. The van der Waals surface area contributed by atoms with Gasteiger partial charge in [-0.2, -0.15) is 0 Å². The topological polar surface area (TPSA) is 15.3 Å². The van der Waals surface area contributed by atoms with E-state index in [0.717, 1.165) is 31.8 Å². The number of likely N-dealkylation sites (tertiary alicyclic amines) is 1. The van der Waals surface area contributed by atoms with Crippen LogP contribution in [0.3, 0.4) is 0 Å². The molecule has 1 heterocycles. The molecule has 0 atom stereocenters. The van der Waals surface area contributed by atoms with Crippen LogP contribution in [0.4, 0.5) is 0 Å². The van der Waals surface area contributed by atoms with E-state index in [9.17, 15) is 0 Å². The van der Waals surface area contributed by atoms with E-state index in [1.165, 1.54) is 94.1 Å². The van der Waals surface area contributed by atoms with Crippen LogP contribution in [0.1, 0.15) is 89.5 Å². The second kappa shape index (κ2) is 15.3. The molecule has 0 amide bonds. The lowest BCUT2D eigenvalue weighted by molar-refractivity contribution is 0.172. The Hall–Kier alpha value is -1.54. The Labute approximate surface area is 186 Å². The minimum atomic E-state index is 0.866. The number of allylic oxidation sites excluding steroid dienone is 2. The Morgan fingerprint density at radius 1 is 0.933 bits per heavy atom. The summed E-state index contributed by atoms with van der Waals surface area (Å²) in [6.07, 6.45) is 15.4. The quantitative estimate of drug-likeness (QED) is 0.224. The van der Waals surface area contributed by atoms with Crippen molar-refractivity contribution in [2.75, 3.05) is 19.6 Å². The lowest BCUT2D eigenvalue weighted by Gasteiger charge is -2.32. The van der Waals surface area contributed by atoms with Gasteiger partial charge in [-0.15, -0.1) is 0 Å². The monoisotopic (exact) mass is 410 g/mol. The average molecular weight is 411 g/mol. The first-order valence-electron chi connectivity index (χ1n) is 12.5. The van der Waals surface area contributed by atoms with Gasteiger partial charge in [0.1, 0.15) is 0 Å². The molecule has 1 fully saturated rings. The number of nitrogens with one attached hydrogen (secondary N) is 1. The van der Waals surface area contributed by atoms with Crippen molar-refractivity contribution in [2.24, 2.45) is 5.92 Å². The molecule has 1 aliphatic rings. The van der Waals surface area contributed by atoms with Crippen LogP contribution in [-0.2, 0) is 6.54 Å². The molecule has 2 rings (SSSR count). The van der Waals surface area contributed by atoms with Crippen LogP contribution in [0.5, 0.6) is 0 Å². The minimum Gasteiger partial charge on any atom is -0.389 e. The molecule has 30 heavy (non-hydrogen) atoms. The summed E-state index contributed by atoms with van der Waals surface area (Å²) in [6, 6.07) is 10.9. The number of hydrogen-bond donors (Lipinski definition) is 1. The molecule has 1 aromatic carbocycles. The molecular formula is C28H46N2. The van der Waals surface area contributed by atoms with Crippen molar-refractivity contribution < 1.29 is 0 Å². The molecule has 1 aliphatic heterocycles. The van der Waals surface area contributed by atoms with E-state index in [2.05, 4.69) is 60.6 Å². The van der Waals surface area contributed by atoms with Crippen molar-refractivity contribution in [2.45, 2.75) is 90.5 Å². The van der Waals surface area contributed by atoms with Crippen molar-refractivity contribution >= 4 is 0 Å². The highest BCUT2D eigenvalue weighted by Gasteiger charge is 2.18. The third-order valence-electron chi connectivity index (χ3n) is 6.53. The standard InChI is InChI=1S/C28H46N2/c1-4-5-6-7-9-13-25(2)14-12-15-26(3)29-21-18-27-19-22-30(23-20-27)24-28-16-10-8-11-17-28/h8,10-11,16-17,27,29H,2-7,9,12-15,18-24H2,1H3. The van der Waals surface area contributed by atoms with Gasteiger partial charge in [-0.05, 0) is 75.9 Å². The van der Waals surface area contributed by atoms with E-state index >= 15 is 0 Å². The molecular weight excluding hydrogens is 364 g/mol. The van der Waals surface area contributed by atoms with E-state index in [1.54, 1.807) is 0 Å². The summed E-state index contributed by atoms with van der Waals surface area (Å²) in [5.41, 5.74) is 4.09. The van der Waals surface area contributed by atoms with E-state index in [0.29, 0.717) is 0 Å². The van der Waals surface area contributed by atoms with Crippen molar-refractivity contribution in [3.05, 3.63) is 60.3 Å². The molecule has 0 radical (unpaired) electrons. The Bertz CT molecular complexity index is 584. The third kappa shape index (κ3) is 11.0. The second-order valence-corrected chi connectivity index (χ2v) is 9.29. The van der Waals surface area contributed by atoms with Crippen molar-refractivity contribution in [3.63, 3.8) is 0 Å². The minimum absolute atomic E-state index is 0.866. The van der Waals surface area contributed by atoms with Crippen molar-refractivity contribution in [1.29, 1.82) is 0 Å². The van der Waals surface area contributed by atoms with Gasteiger partial charge in [0.25, 0.3) is 0 Å². The third-order valence-corrected chi connectivity index (χ3v) is 6.53. The van der Waals surface area contributed by atoms with Crippen LogP contribution in [0.25, 0.3) is 0 Å². The molecule has 2 heteroatoms. The zero-order valence-corrected chi connectivity index (χ0v) is 19.6. The molecule has 0 bridgehead atoms. The maximum Gasteiger partial charge on any atom is 0.0233 e. The van der Waals surface area contributed by atoms with E-state index in [1.807, 2.05) is 0 Å². The highest BCUT2D eigenvalue weighted by Crippen LogP contribution is 2.22. The summed E-state index contributed by atoms with van der Waals surface area (Å²) >= 11 is 0. The lowest BCUT2D eigenvalue weighted by Crippen LogP contribution is -2.34. The molecule has 0 aliphatic carbocycles. The van der Waals surface area contributed by atoms with Gasteiger partial charge < -0.3 is 5.32 Å². The number of unbranched alkanes of at least 4 members (excludes halogenated alkanes) is 4. The normalized spacial score (nSPS) is 15.2. The molecule has 2 nitrogen and oxygen atoms in total. The van der Waals surface area contributed by atoms with E-state index in [4.69, 9.17) is 0 Å². The Kier molecular flexibility index (Phi) is 12.6. The maximum atomic E-state index is 4.27. The van der Waals surface area contributed by atoms with E-state index < -0.39 is 0 Å². The second-order valence-electron chi connectivity index (χ2n) is 9.29. The van der Waals surface area contributed by atoms with Crippen LogP contribution in [0, 0.1) is 5.92 Å². The van der Waals surface area contributed by atoms with Gasteiger partial charge in [0.2, 0.25) is 0 Å². The predicted molar refractivity (Wildman–Crippen MR) is 133 cm³/mol. The fraction of sp³-hybridized carbons (Fsp3) is 0.643. The summed E-state index contributed by atoms with van der Waals surface area (Å²) in [5.74, 6) is 0.866. The summed E-state index contributed by atoms with van der Waals surface area (Å²) < 4.78 is 0. The Morgan fingerprint density at radius 2 is 1.63 bits per heavy atom. The van der Waals surface area contributed by atoms with Crippen LogP contribution in [0.15, 0.2) is 54.8 Å². The lowest BCUT2D eigenvalue weighted by atomic mass is 9.93. The van der Waals surface area contributed by atoms with Gasteiger partial charge in [-0.25, -0.2) is 0 Å². The maximum absolute atomic E-state index is 4.27. The number of benzene rings is 1. The molecule has 168 valence electrons. The highest BCUT2D eigenvalue weighted by molar-refractivity contribution is 5.14. The van der Waals surface area contributed by atoms with Crippen LogP contribution < -0.4 is 5.32 Å². The molecule has 0 saturated carbocycles. The number of nitrogens with zero attached hydrogens (tertiary/aromatic N) is 1. The van der Waals surface area contributed by atoms with Gasteiger partial charge in [-0.1, -0.05) is 81.7 Å². The average Bonchev–Trinajstić information content (AvgIpc) is 2.75. The molecule has 1 N–H and O–H groups in total. The van der Waals surface area contributed by atoms with Crippen LogP contribution in [0.2, 0.25) is 0 Å². The molecule has 0 spiro atoms. The molecule has 0 unspecified atom stereocenters. The fourth-order valence-corrected chi connectivity index (χ4v) is 4.47. The fourth-order valence-electron chi connectivity index (χ4n) is 4.47. The number of hydrogen-bond acceptors (Lipinski definition) is 2. The van der Waals surface area contributed by atoms with Gasteiger partial charge in [-0.3, -0.25) is 4.90 Å². The van der Waals surface area contributed by atoms with Gasteiger partial charge >= 0.3 is 0 Å². The predicted octanol–water partition coefficient (Wildman–Crippen LogP) is 7.48. The summed E-state index contributed by atoms with van der Waals surface area (Å²) in [4.78, 5) is 2.61. The van der Waals surface area contributed by atoms with Crippen LogP contribution in [-0.4, -0.2) is 24.5 Å². The SMILES string of the molecule is C=C(CCCCCCC)CCCC(=C)NCCC1CCN(Cc2ccccc2)CC1. The molecule has 0 aromatic heterocycles. The van der Waals surface area contributed by atoms with E-state index in [-0.39, 0.29) is 0 Å². The zero-order valence-electron chi connectivity index (χ0n) is 19.6. The zero-order chi connectivity index (χ0) is 21.4. The number of rotatable bonds is 16. The molecule has 1 aromatic rings. The largest absolute Gasteiger partial charge is 0.389 e.